The van der Waals surface area contributed by atoms with Gasteiger partial charge in [0.15, 0.2) is 0 Å². The lowest BCUT2D eigenvalue weighted by Gasteiger charge is -2.19. The molecule has 7 heteroatoms. The highest BCUT2D eigenvalue weighted by Crippen LogP contribution is 2.23. The number of nitrogens with zero attached hydrogens (tertiary/aromatic N) is 1. The molecule has 3 rings (SSSR count). The van der Waals surface area contributed by atoms with Crippen LogP contribution < -0.4 is 20.9 Å². The fraction of sp³-hybridized carbons (Fsp3) is 0.412. The number of rotatable bonds is 4. The summed E-state index contributed by atoms with van der Waals surface area (Å²) in [5.74, 6) is 0.696. The summed E-state index contributed by atoms with van der Waals surface area (Å²) in [4.78, 5) is 25.1. The summed E-state index contributed by atoms with van der Waals surface area (Å²) in [5, 5.41) is 6.16. The number of fused-ring (bicyclic) bond motifs is 1. The van der Waals surface area contributed by atoms with Gasteiger partial charge in [0.1, 0.15) is 17.1 Å². The molecular weight excluding hydrogens is 310 g/mol. The molecule has 0 aliphatic carbocycles. The number of hydrogen-bond acceptors (Lipinski definition) is 5. The maximum Gasteiger partial charge on any atom is 0.257 e. The van der Waals surface area contributed by atoms with E-state index in [2.05, 4.69) is 10.6 Å². The quantitative estimate of drug-likeness (QED) is 0.876. The van der Waals surface area contributed by atoms with E-state index in [1.807, 2.05) is 13.0 Å². The van der Waals surface area contributed by atoms with Crippen molar-refractivity contribution >= 4 is 5.91 Å². The number of furan rings is 1. The Kier molecular flexibility index (Phi) is 4.71. The first-order chi connectivity index (χ1) is 11.6. The Morgan fingerprint density at radius 2 is 2.29 bits per heavy atom. The van der Waals surface area contributed by atoms with E-state index in [-0.39, 0.29) is 17.5 Å². The van der Waals surface area contributed by atoms with Gasteiger partial charge in [0.2, 0.25) is 0 Å². The molecule has 1 atom stereocenters. The lowest BCUT2D eigenvalue weighted by Crippen LogP contribution is -2.32. The van der Waals surface area contributed by atoms with Gasteiger partial charge in [-0.3, -0.25) is 9.59 Å². The van der Waals surface area contributed by atoms with Gasteiger partial charge < -0.3 is 24.4 Å². The number of ether oxygens (including phenoxy) is 1. The monoisotopic (exact) mass is 331 g/mol. The van der Waals surface area contributed by atoms with Gasteiger partial charge in [-0.05, 0) is 19.1 Å². The van der Waals surface area contributed by atoms with Crippen molar-refractivity contribution in [1.82, 2.24) is 15.2 Å². The van der Waals surface area contributed by atoms with Crippen LogP contribution in [0.5, 0.6) is 5.75 Å². The highest BCUT2D eigenvalue weighted by Gasteiger charge is 2.25. The molecule has 128 valence electrons. The van der Waals surface area contributed by atoms with Crippen molar-refractivity contribution in [2.24, 2.45) is 0 Å². The largest absolute Gasteiger partial charge is 0.496 e. The molecule has 1 aliphatic heterocycles. The van der Waals surface area contributed by atoms with Crippen LogP contribution >= 0.6 is 0 Å². The van der Waals surface area contributed by atoms with Gasteiger partial charge in [-0.2, -0.15) is 0 Å². The second kappa shape index (κ2) is 6.92. The lowest BCUT2D eigenvalue weighted by molar-refractivity contribution is 0.0930. The van der Waals surface area contributed by atoms with E-state index < -0.39 is 0 Å². The molecule has 7 nitrogen and oxygen atoms in total. The van der Waals surface area contributed by atoms with Crippen LogP contribution in [0, 0.1) is 0 Å². The Morgan fingerprint density at radius 1 is 1.46 bits per heavy atom. The Hall–Kier alpha value is -2.54. The van der Waals surface area contributed by atoms with Gasteiger partial charge in [0.25, 0.3) is 11.5 Å². The molecule has 0 unspecified atom stereocenters. The van der Waals surface area contributed by atoms with Crippen molar-refractivity contribution in [1.29, 1.82) is 0 Å². The van der Waals surface area contributed by atoms with Crippen LogP contribution in [0.3, 0.4) is 0 Å². The number of carbonyl (C=O) groups excluding carboxylic acids is 1. The number of pyridine rings is 1. The average Bonchev–Trinajstić information content (AvgIpc) is 2.99. The first-order valence-corrected chi connectivity index (χ1v) is 7.97. The Bertz CT molecular complexity index is 780. The molecule has 2 N–H and O–H groups in total. The average molecular weight is 331 g/mol. The highest BCUT2D eigenvalue weighted by atomic mass is 16.5. The van der Waals surface area contributed by atoms with Crippen LogP contribution in [0.25, 0.3) is 0 Å². The van der Waals surface area contributed by atoms with Gasteiger partial charge in [-0.1, -0.05) is 0 Å². The molecule has 0 aromatic carbocycles. The summed E-state index contributed by atoms with van der Waals surface area (Å²) in [6.07, 6.45) is 2.16. The molecule has 24 heavy (non-hydrogen) atoms. The van der Waals surface area contributed by atoms with Crippen molar-refractivity contribution < 1.29 is 13.9 Å². The molecule has 2 aromatic rings. The molecule has 3 heterocycles. The maximum absolute atomic E-state index is 12.9. The summed E-state index contributed by atoms with van der Waals surface area (Å²) in [6, 6.07) is 4.68. The Balaban J connectivity index is 1.99. The van der Waals surface area contributed by atoms with Crippen molar-refractivity contribution in [3.63, 3.8) is 0 Å². The predicted octanol–water partition coefficient (Wildman–Crippen LogP) is 1.09. The van der Waals surface area contributed by atoms with E-state index in [4.69, 9.17) is 9.15 Å². The molecule has 0 spiro atoms. The molecular formula is C17H21N3O4. The summed E-state index contributed by atoms with van der Waals surface area (Å²) in [7, 11) is 1.47. The maximum atomic E-state index is 12.9. The van der Waals surface area contributed by atoms with Gasteiger partial charge in [0, 0.05) is 37.8 Å². The van der Waals surface area contributed by atoms with Crippen LogP contribution in [0.2, 0.25) is 0 Å². The van der Waals surface area contributed by atoms with Crippen molar-refractivity contribution in [2.45, 2.75) is 25.9 Å². The minimum absolute atomic E-state index is 0.152. The SMILES string of the molecule is COc1cc(=O)n2c(c1C(=O)N[C@@H](C)c1ccco1)CCNCC2. The molecule has 2 aromatic heterocycles. The number of methoxy groups -OCH3 is 1. The smallest absolute Gasteiger partial charge is 0.257 e. The second-order valence-corrected chi connectivity index (χ2v) is 5.73. The van der Waals surface area contributed by atoms with Crippen LogP contribution in [-0.4, -0.2) is 30.7 Å². The molecule has 1 aliphatic rings. The first-order valence-electron chi connectivity index (χ1n) is 7.97. The van der Waals surface area contributed by atoms with E-state index in [1.54, 1.807) is 16.9 Å². The van der Waals surface area contributed by atoms with Crippen molar-refractivity contribution in [2.75, 3.05) is 20.2 Å². The molecule has 0 fully saturated rings. The minimum atomic E-state index is -0.284. The normalized spacial score (nSPS) is 15.2. The fourth-order valence-electron chi connectivity index (χ4n) is 2.98. The highest BCUT2D eigenvalue weighted by molar-refractivity contribution is 5.98. The Morgan fingerprint density at radius 3 is 3.00 bits per heavy atom. The van der Waals surface area contributed by atoms with Crippen molar-refractivity contribution in [3.05, 3.63) is 51.8 Å². The van der Waals surface area contributed by atoms with Crippen LogP contribution in [0.15, 0.2) is 33.7 Å². The number of amides is 1. The third kappa shape index (κ3) is 3.07. The zero-order valence-corrected chi connectivity index (χ0v) is 13.8. The van der Waals surface area contributed by atoms with E-state index in [0.29, 0.717) is 48.8 Å². The lowest BCUT2D eigenvalue weighted by atomic mass is 10.1. The van der Waals surface area contributed by atoms with Crippen LogP contribution in [-0.2, 0) is 13.0 Å². The third-order valence-electron chi connectivity index (χ3n) is 4.20. The third-order valence-corrected chi connectivity index (χ3v) is 4.20. The van der Waals surface area contributed by atoms with E-state index in [0.717, 1.165) is 0 Å². The topological polar surface area (TPSA) is 85.5 Å². The number of aromatic nitrogens is 1. The molecule has 0 radical (unpaired) electrons. The van der Waals surface area contributed by atoms with Gasteiger partial charge >= 0.3 is 0 Å². The molecule has 0 bridgehead atoms. The molecule has 0 saturated heterocycles. The van der Waals surface area contributed by atoms with Crippen molar-refractivity contribution in [3.8, 4) is 5.75 Å². The fourth-order valence-corrected chi connectivity index (χ4v) is 2.98. The van der Waals surface area contributed by atoms with Crippen LogP contribution in [0.4, 0.5) is 0 Å². The molecule has 1 amide bonds. The first kappa shape index (κ1) is 16.3. The standard InChI is InChI=1S/C17H21N3O4/c1-11(13-4-3-9-24-13)19-17(22)16-12-5-6-18-7-8-20(12)15(21)10-14(16)23-2/h3-4,9-11,18H,5-8H2,1-2H3,(H,19,22)/t11-/m0/s1. The van der Waals surface area contributed by atoms with Crippen LogP contribution in [0.1, 0.15) is 34.8 Å². The van der Waals surface area contributed by atoms with Gasteiger partial charge in [0.05, 0.1) is 19.4 Å². The summed E-state index contributed by atoms with van der Waals surface area (Å²) in [5.41, 5.74) is 0.967. The summed E-state index contributed by atoms with van der Waals surface area (Å²) < 4.78 is 12.3. The van der Waals surface area contributed by atoms with Gasteiger partial charge in [-0.15, -0.1) is 0 Å². The summed E-state index contributed by atoms with van der Waals surface area (Å²) >= 11 is 0. The Labute approximate surface area is 139 Å². The zero-order valence-electron chi connectivity index (χ0n) is 13.8. The van der Waals surface area contributed by atoms with E-state index >= 15 is 0 Å². The van der Waals surface area contributed by atoms with Gasteiger partial charge in [-0.25, -0.2) is 0 Å². The summed E-state index contributed by atoms with van der Waals surface area (Å²) in [6.45, 7) is 3.79. The van der Waals surface area contributed by atoms with E-state index in [1.165, 1.54) is 13.2 Å². The number of nitrogens with one attached hydrogen (secondary N) is 2. The second-order valence-electron chi connectivity index (χ2n) is 5.73. The zero-order chi connectivity index (χ0) is 17.1. The van der Waals surface area contributed by atoms with E-state index in [9.17, 15) is 9.59 Å². The number of carbonyl (C=O) groups is 1. The molecule has 0 saturated carbocycles. The number of hydrogen-bond donors (Lipinski definition) is 2. The minimum Gasteiger partial charge on any atom is -0.496 e. The predicted molar refractivity (Wildman–Crippen MR) is 88.4 cm³/mol.